The molecule has 3 aromatic rings. The van der Waals surface area contributed by atoms with Gasteiger partial charge in [0.25, 0.3) is 0 Å². The maximum atomic E-state index is 14.5. The van der Waals surface area contributed by atoms with Gasteiger partial charge < -0.3 is 34.1 Å². The van der Waals surface area contributed by atoms with Crippen molar-refractivity contribution in [3.63, 3.8) is 0 Å². The van der Waals surface area contributed by atoms with E-state index in [9.17, 15) is 9.59 Å². The molecule has 1 heterocycles. The van der Waals surface area contributed by atoms with Crippen molar-refractivity contribution in [2.24, 2.45) is 17.6 Å². The number of carbonyl (C=O) groups is 2. The van der Waals surface area contributed by atoms with Crippen LogP contribution in [0.1, 0.15) is 248 Å². The van der Waals surface area contributed by atoms with Crippen molar-refractivity contribution < 1.29 is 32.7 Å². The monoisotopic (exact) mass is 1140 g/mol. The highest BCUT2D eigenvalue weighted by Gasteiger charge is 2.46. The zero-order chi connectivity index (χ0) is 58.7. The van der Waals surface area contributed by atoms with E-state index in [0.717, 1.165) is 67.1 Å². The summed E-state index contributed by atoms with van der Waals surface area (Å²) in [7, 11) is -3.53. The Bertz CT molecular complexity index is 2040. The zero-order valence-electron chi connectivity index (χ0n) is 53.2. The number of rotatable bonds is 43. The Kier molecular flexibility index (Phi) is 31.3. The van der Waals surface area contributed by atoms with E-state index in [4.69, 9.17) is 28.8 Å². The highest BCUT2D eigenvalue weighted by Crippen LogP contribution is 2.47. The molecule has 0 unspecified atom stereocenters. The van der Waals surface area contributed by atoms with E-state index in [1.165, 1.54) is 89.9 Å². The number of amides is 1. The highest BCUT2D eigenvalue weighted by atomic mass is 28.4. The first kappa shape index (κ1) is 69.0. The van der Waals surface area contributed by atoms with E-state index in [1.54, 1.807) is 0 Å². The summed E-state index contributed by atoms with van der Waals surface area (Å²) in [5.41, 5.74) is 13.0. The molecule has 9 nitrogen and oxygen atoms in total. The fourth-order valence-corrected chi connectivity index (χ4v) is 24.5. The summed E-state index contributed by atoms with van der Waals surface area (Å²) in [4.78, 5) is 28.1. The first-order chi connectivity index (χ1) is 38.2. The second kappa shape index (κ2) is 36.3. The number of carbonyl (C=O) groups excluding carboxylic acids is 2. The van der Waals surface area contributed by atoms with Crippen LogP contribution < -0.4 is 25.3 Å². The van der Waals surface area contributed by atoms with Crippen LogP contribution in [-0.4, -0.2) is 60.8 Å². The van der Waals surface area contributed by atoms with Crippen molar-refractivity contribution in [1.29, 1.82) is 0 Å². The summed E-state index contributed by atoms with van der Waals surface area (Å²) < 4.78 is 32.9. The Balaban J connectivity index is 1.29. The van der Waals surface area contributed by atoms with Crippen molar-refractivity contribution >= 4 is 28.3 Å². The predicted octanol–water partition coefficient (Wildman–Crippen LogP) is 19.4. The molecule has 3 aromatic carbocycles. The molecule has 0 radical (unpaired) electrons. The number of nitrogens with two attached hydrogens (primary N) is 1. The maximum Gasteiger partial charge on any atom is 0.224 e. The molecule has 80 heavy (non-hydrogen) atoms. The van der Waals surface area contributed by atoms with Crippen LogP contribution in [0.3, 0.4) is 0 Å². The largest absolute Gasteiger partial charge is 0.493 e. The van der Waals surface area contributed by atoms with E-state index in [0.29, 0.717) is 70.8 Å². The minimum Gasteiger partial charge on any atom is -0.493 e. The van der Waals surface area contributed by atoms with Gasteiger partial charge in [-0.1, -0.05) is 217 Å². The Morgan fingerprint density at radius 3 is 1.23 bits per heavy atom. The average Bonchev–Trinajstić information content (AvgIpc) is 3.41. The number of hydrogen-bond donors (Lipinski definition) is 2. The van der Waals surface area contributed by atoms with Crippen LogP contribution >= 0.6 is 0 Å². The standard InChI is InChI=1S/C69H116N2O7Si2/c1-51(2)46-59(48-65(72)64(70)47-58-36-30-29-31-37-58)69(73)71-68-62-40-38-60(74-42-32-25-21-17-15-19-23-27-34-44-76-79(52(3)4,53(5)6)54(7)8)49-66(62)78-67-50-61(39-41-63(67)68)75-43-33-26-22-18-16-20-24-28-35-45-77-80(55(9)10,56(11)12)57(13)14/h29-31,36-41,49-57,59,64,68H,15-28,32-35,42-48,70H2,1-14H3,(H,71,73)/t59-,64+/m1/s1. The topological polar surface area (TPSA) is 118 Å². The molecule has 0 aliphatic carbocycles. The fraction of sp³-hybridized carbons (Fsp3) is 0.710. The van der Waals surface area contributed by atoms with E-state index in [2.05, 4.69) is 102 Å². The van der Waals surface area contributed by atoms with Gasteiger partial charge in [0.2, 0.25) is 5.91 Å². The fourth-order valence-electron chi connectivity index (χ4n) is 13.6. The lowest BCUT2D eigenvalue weighted by Crippen LogP contribution is -2.47. The highest BCUT2D eigenvalue weighted by molar-refractivity contribution is 6.78. The van der Waals surface area contributed by atoms with Crippen LogP contribution in [0.4, 0.5) is 0 Å². The van der Waals surface area contributed by atoms with Gasteiger partial charge in [-0.25, -0.2) is 0 Å². The summed E-state index contributed by atoms with van der Waals surface area (Å²) in [6.45, 7) is 35.7. The van der Waals surface area contributed by atoms with Gasteiger partial charge >= 0.3 is 0 Å². The summed E-state index contributed by atoms with van der Waals surface area (Å²) in [5, 5.41) is 3.39. The number of hydrogen-bond acceptors (Lipinski definition) is 8. The van der Waals surface area contributed by atoms with E-state index in [-0.39, 0.29) is 24.0 Å². The van der Waals surface area contributed by atoms with Gasteiger partial charge in [-0.15, -0.1) is 0 Å². The lowest BCUT2D eigenvalue weighted by molar-refractivity contribution is -0.130. The number of fused-ring (bicyclic) bond motifs is 2. The summed E-state index contributed by atoms with van der Waals surface area (Å²) in [6, 6.07) is 20.6. The van der Waals surface area contributed by atoms with Crippen molar-refractivity contribution in [3.8, 4) is 23.0 Å². The number of nitrogens with one attached hydrogen (secondary N) is 1. The molecule has 1 aliphatic heterocycles. The molecular weight excluding hydrogens is 1020 g/mol. The van der Waals surface area contributed by atoms with Crippen LogP contribution in [0.2, 0.25) is 33.2 Å². The Hall–Kier alpha value is -3.49. The molecule has 0 saturated carbocycles. The Morgan fingerprint density at radius 2 is 0.863 bits per heavy atom. The Labute approximate surface area is 491 Å². The number of ketones is 1. The van der Waals surface area contributed by atoms with Crippen LogP contribution in [0, 0.1) is 11.8 Å². The SMILES string of the molecule is CC(C)C[C@H](CC(=O)[C@@H](N)Cc1ccccc1)C(=O)NC1c2ccc(OCCCCCCCCCCCO[Si](C(C)C)(C(C)C)C(C)C)cc2Oc2cc(OCCCCCCCCCCCO[Si](C(C)C)(C(C)C)C(C)C)ccc21. The van der Waals surface area contributed by atoms with Gasteiger partial charge in [0.15, 0.2) is 22.4 Å². The second-order valence-electron chi connectivity index (χ2n) is 26.1. The molecule has 4 rings (SSSR count). The molecule has 1 aliphatic rings. The molecule has 1 amide bonds. The Morgan fingerprint density at radius 1 is 0.500 bits per heavy atom. The maximum absolute atomic E-state index is 14.5. The van der Waals surface area contributed by atoms with Crippen LogP contribution in [0.5, 0.6) is 23.0 Å². The molecule has 0 aromatic heterocycles. The lowest BCUT2D eigenvalue weighted by atomic mass is 9.87. The van der Waals surface area contributed by atoms with Crippen LogP contribution in [-0.2, 0) is 24.9 Å². The molecule has 2 atom stereocenters. The number of Topliss-reactive ketones (excluding diaryl/α,β-unsaturated/α-hetero) is 1. The van der Waals surface area contributed by atoms with Crippen molar-refractivity contribution in [1.82, 2.24) is 5.32 Å². The average molecular weight is 1140 g/mol. The lowest BCUT2D eigenvalue weighted by Gasteiger charge is -2.42. The minimum atomic E-state index is -1.77. The van der Waals surface area contributed by atoms with E-state index in [1.807, 2.05) is 66.7 Å². The number of ether oxygens (including phenoxy) is 3. The smallest absolute Gasteiger partial charge is 0.224 e. The van der Waals surface area contributed by atoms with Gasteiger partial charge in [-0.2, -0.15) is 0 Å². The van der Waals surface area contributed by atoms with Gasteiger partial charge in [0, 0.05) is 48.8 Å². The zero-order valence-corrected chi connectivity index (χ0v) is 55.2. The molecule has 0 bridgehead atoms. The second-order valence-corrected chi connectivity index (χ2v) is 37.0. The first-order valence-electron chi connectivity index (χ1n) is 32.4. The predicted molar refractivity (Wildman–Crippen MR) is 342 cm³/mol. The molecular formula is C69H116N2O7Si2. The van der Waals surface area contributed by atoms with Crippen LogP contribution in [0.25, 0.3) is 0 Å². The van der Waals surface area contributed by atoms with Gasteiger partial charge in [0.05, 0.1) is 25.3 Å². The van der Waals surface area contributed by atoms with Crippen molar-refractivity contribution in [2.75, 3.05) is 26.4 Å². The summed E-state index contributed by atoms with van der Waals surface area (Å²) in [6.07, 6.45) is 22.9. The number of benzene rings is 3. The molecule has 0 saturated heterocycles. The van der Waals surface area contributed by atoms with Crippen molar-refractivity contribution in [2.45, 2.75) is 277 Å². The van der Waals surface area contributed by atoms with Gasteiger partial charge in [-0.05, 0) is 108 Å². The summed E-state index contributed by atoms with van der Waals surface area (Å²) >= 11 is 0. The van der Waals surface area contributed by atoms with Crippen LogP contribution in [0.15, 0.2) is 66.7 Å². The first-order valence-corrected chi connectivity index (χ1v) is 36.6. The third-order valence-corrected chi connectivity index (χ3v) is 29.9. The molecule has 11 heteroatoms. The van der Waals surface area contributed by atoms with E-state index < -0.39 is 34.6 Å². The van der Waals surface area contributed by atoms with Crippen molar-refractivity contribution in [3.05, 3.63) is 83.4 Å². The summed E-state index contributed by atoms with van der Waals surface area (Å²) in [5.74, 6) is 2.19. The van der Waals surface area contributed by atoms with Gasteiger partial charge in [0.1, 0.15) is 23.0 Å². The molecule has 3 N–H and O–H groups in total. The third-order valence-electron chi connectivity index (χ3n) is 17.6. The quantitative estimate of drug-likeness (QED) is 0.0425. The van der Waals surface area contributed by atoms with Gasteiger partial charge in [-0.3, -0.25) is 9.59 Å². The number of unbranched alkanes of at least 4 members (excludes halogenated alkanes) is 16. The molecule has 0 spiro atoms. The normalized spacial score (nSPS) is 13.9. The minimum absolute atomic E-state index is 0.0846. The third kappa shape index (κ3) is 21.6. The molecule has 0 fully saturated rings. The molecule has 452 valence electrons. The van der Waals surface area contributed by atoms with E-state index >= 15 is 0 Å².